The molecule has 0 bridgehead atoms. The molecule has 1 aliphatic rings. The molecular weight excluding hydrogens is 350 g/mol. The van der Waals surface area contributed by atoms with Crippen molar-refractivity contribution in [2.45, 2.75) is 31.8 Å². The fraction of sp³-hybridized carbons (Fsp3) is 0.261. The van der Waals surface area contributed by atoms with Crippen LogP contribution in [0.4, 0.5) is 17.2 Å². The van der Waals surface area contributed by atoms with Gasteiger partial charge in [0.25, 0.3) is 0 Å². The van der Waals surface area contributed by atoms with Crippen molar-refractivity contribution in [3.8, 4) is 22.6 Å². The van der Waals surface area contributed by atoms with Gasteiger partial charge < -0.3 is 20.5 Å². The van der Waals surface area contributed by atoms with Crippen LogP contribution in [0.5, 0.6) is 11.5 Å². The Balaban J connectivity index is 1.60. The Kier molecular flexibility index (Phi) is 5.33. The molecular formula is C23H25N3O2. The lowest BCUT2D eigenvalue weighted by Gasteiger charge is -2.17. The summed E-state index contributed by atoms with van der Waals surface area (Å²) in [4.78, 5) is 4.30. The second kappa shape index (κ2) is 8.21. The maximum absolute atomic E-state index is 6.23. The Morgan fingerprint density at radius 1 is 0.964 bits per heavy atom. The number of hydrogen-bond donors (Lipinski definition) is 2. The van der Waals surface area contributed by atoms with Gasteiger partial charge in [-0.05, 0) is 73.2 Å². The number of nitrogens with two attached hydrogens (primary N) is 1. The Hall–Kier alpha value is -3.21. The first-order valence-corrected chi connectivity index (χ1v) is 9.65. The minimum absolute atomic E-state index is 0.282. The number of ether oxygens (including phenoxy) is 2. The normalized spacial score (nSPS) is 14.0. The van der Waals surface area contributed by atoms with Crippen molar-refractivity contribution < 1.29 is 9.47 Å². The molecule has 1 saturated carbocycles. The summed E-state index contributed by atoms with van der Waals surface area (Å²) < 4.78 is 11.7. The average molecular weight is 375 g/mol. The maximum atomic E-state index is 6.23. The number of anilines is 3. The smallest absolute Gasteiger partial charge is 0.162 e. The minimum atomic E-state index is 0.282. The summed E-state index contributed by atoms with van der Waals surface area (Å²) in [5.74, 6) is 2.23. The SMILES string of the molecule is COc1ccc(-c2cccc(Nc3ncccc3N)c2)cc1OC1CCCC1. The Morgan fingerprint density at radius 2 is 1.79 bits per heavy atom. The van der Waals surface area contributed by atoms with Gasteiger partial charge in [-0.2, -0.15) is 0 Å². The van der Waals surface area contributed by atoms with Crippen LogP contribution in [0.1, 0.15) is 25.7 Å². The van der Waals surface area contributed by atoms with Crippen LogP contribution in [0, 0.1) is 0 Å². The molecule has 1 aromatic heterocycles. The Bertz CT molecular complexity index is 952. The van der Waals surface area contributed by atoms with Crippen LogP contribution in [-0.2, 0) is 0 Å². The van der Waals surface area contributed by atoms with Crippen molar-refractivity contribution in [3.63, 3.8) is 0 Å². The largest absolute Gasteiger partial charge is 0.493 e. The number of nitrogen functional groups attached to an aromatic ring is 1. The molecule has 5 nitrogen and oxygen atoms in total. The lowest BCUT2D eigenvalue weighted by atomic mass is 10.0. The van der Waals surface area contributed by atoms with E-state index < -0.39 is 0 Å². The molecule has 5 heteroatoms. The van der Waals surface area contributed by atoms with E-state index in [-0.39, 0.29) is 6.10 Å². The van der Waals surface area contributed by atoms with E-state index in [1.54, 1.807) is 13.3 Å². The molecule has 0 atom stereocenters. The highest BCUT2D eigenvalue weighted by Gasteiger charge is 2.19. The van der Waals surface area contributed by atoms with Crippen LogP contribution in [0.15, 0.2) is 60.8 Å². The summed E-state index contributed by atoms with van der Waals surface area (Å²) in [6.07, 6.45) is 6.69. The second-order valence-electron chi connectivity index (χ2n) is 7.04. The number of benzene rings is 2. The van der Waals surface area contributed by atoms with E-state index in [9.17, 15) is 0 Å². The zero-order chi connectivity index (χ0) is 19.3. The molecule has 0 saturated heterocycles. The number of hydrogen-bond acceptors (Lipinski definition) is 5. The van der Waals surface area contributed by atoms with Gasteiger partial charge >= 0.3 is 0 Å². The van der Waals surface area contributed by atoms with Gasteiger partial charge in [0.1, 0.15) is 0 Å². The van der Waals surface area contributed by atoms with Crippen LogP contribution in [-0.4, -0.2) is 18.2 Å². The van der Waals surface area contributed by atoms with Crippen molar-refractivity contribution >= 4 is 17.2 Å². The van der Waals surface area contributed by atoms with E-state index in [2.05, 4.69) is 34.6 Å². The molecule has 1 heterocycles. The van der Waals surface area contributed by atoms with Gasteiger partial charge in [0.05, 0.1) is 18.9 Å². The first-order chi connectivity index (χ1) is 13.7. The number of methoxy groups -OCH3 is 1. The molecule has 1 aliphatic carbocycles. The molecule has 144 valence electrons. The number of pyridine rings is 1. The van der Waals surface area contributed by atoms with E-state index in [1.165, 1.54) is 12.8 Å². The number of rotatable bonds is 6. The summed E-state index contributed by atoms with van der Waals surface area (Å²) in [6.45, 7) is 0. The van der Waals surface area contributed by atoms with Gasteiger partial charge in [0.15, 0.2) is 17.3 Å². The molecule has 0 radical (unpaired) electrons. The summed E-state index contributed by atoms with van der Waals surface area (Å²) in [5.41, 5.74) is 9.69. The molecule has 0 unspecified atom stereocenters. The van der Waals surface area contributed by atoms with Gasteiger partial charge in [0, 0.05) is 11.9 Å². The zero-order valence-electron chi connectivity index (χ0n) is 16.0. The quantitative estimate of drug-likeness (QED) is 0.603. The number of aromatic nitrogens is 1. The van der Waals surface area contributed by atoms with Crippen molar-refractivity contribution in [2.75, 3.05) is 18.2 Å². The van der Waals surface area contributed by atoms with E-state index in [4.69, 9.17) is 15.2 Å². The van der Waals surface area contributed by atoms with Crippen LogP contribution in [0.25, 0.3) is 11.1 Å². The van der Waals surface area contributed by atoms with Gasteiger partial charge in [-0.25, -0.2) is 4.98 Å². The highest BCUT2D eigenvalue weighted by molar-refractivity contribution is 5.74. The van der Waals surface area contributed by atoms with Crippen molar-refractivity contribution in [1.29, 1.82) is 0 Å². The summed E-state index contributed by atoms with van der Waals surface area (Å²) in [5, 5.41) is 3.29. The van der Waals surface area contributed by atoms with Gasteiger partial charge in [-0.15, -0.1) is 0 Å². The lowest BCUT2D eigenvalue weighted by molar-refractivity contribution is 0.201. The van der Waals surface area contributed by atoms with Gasteiger partial charge in [-0.1, -0.05) is 18.2 Å². The number of nitrogens with zero attached hydrogens (tertiary/aromatic N) is 1. The van der Waals surface area contributed by atoms with E-state index in [0.29, 0.717) is 11.5 Å². The van der Waals surface area contributed by atoms with Crippen molar-refractivity contribution in [2.24, 2.45) is 0 Å². The maximum Gasteiger partial charge on any atom is 0.162 e. The minimum Gasteiger partial charge on any atom is -0.493 e. The van der Waals surface area contributed by atoms with E-state index >= 15 is 0 Å². The first-order valence-electron chi connectivity index (χ1n) is 9.65. The Labute approximate surface area is 165 Å². The highest BCUT2D eigenvalue weighted by Crippen LogP contribution is 2.36. The molecule has 3 aromatic rings. The molecule has 3 N–H and O–H groups in total. The summed E-state index contributed by atoms with van der Waals surface area (Å²) in [6, 6.07) is 17.9. The highest BCUT2D eigenvalue weighted by atomic mass is 16.5. The lowest BCUT2D eigenvalue weighted by Crippen LogP contribution is -2.11. The fourth-order valence-electron chi connectivity index (χ4n) is 3.57. The van der Waals surface area contributed by atoms with E-state index in [0.717, 1.165) is 41.2 Å². The average Bonchev–Trinajstić information content (AvgIpc) is 3.23. The van der Waals surface area contributed by atoms with Crippen LogP contribution >= 0.6 is 0 Å². The fourth-order valence-corrected chi connectivity index (χ4v) is 3.57. The molecule has 0 aliphatic heterocycles. The molecule has 0 amide bonds. The topological polar surface area (TPSA) is 69.4 Å². The third-order valence-corrected chi connectivity index (χ3v) is 5.06. The summed E-state index contributed by atoms with van der Waals surface area (Å²) >= 11 is 0. The molecule has 0 spiro atoms. The first kappa shape index (κ1) is 18.2. The predicted molar refractivity (Wildman–Crippen MR) is 113 cm³/mol. The van der Waals surface area contributed by atoms with Crippen LogP contribution < -0.4 is 20.5 Å². The third kappa shape index (κ3) is 4.03. The Morgan fingerprint density at radius 3 is 2.57 bits per heavy atom. The van der Waals surface area contributed by atoms with Gasteiger partial charge in [-0.3, -0.25) is 0 Å². The molecule has 28 heavy (non-hydrogen) atoms. The van der Waals surface area contributed by atoms with E-state index in [1.807, 2.05) is 30.3 Å². The monoisotopic (exact) mass is 375 g/mol. The van der Waals surface area contributed by atoms with Crippen molar-refractivity contribution in [3.05, 3.63) is 60.8 Å². The van der Waals surface area contributed by atoms with Crippen LogP contribution in [0.2, 0.25) is 0 Å². The second-order valence-corrected chi connectivity index (χ2v) is 7.04. The van der Waals surface area contributed by atoms with Gasteiger partial charge in [0.2, 0.25) is 0 Å². The standard InChI is InChI=1S/C23H25N3O2/c1-27-21-12-11-17(15-22(21)28-19-8-2-3-9-19)16-6-4-7-18(14-16)26-23-20(24)10-5-13-25-23/h4-7,10-15,19H,2-3,8-9,24H2,1H3,(H,25,26). The zero-order valence-corrected chi connectivity index (χ0v) is 16.0. The molecule has 2 aromatic carbocycles. The third-order valence-electron chi connectivity index (χ3n) is 5.06. The number of nitrogens with one attached hydrogen (secondary N) is 1. The van der Waals surface area contributed by atoms with Crippen LogP contribution in [0.3, 0.4) is 0 Å². The van der Waals surface area contributed by atoms with Crippen molar-refractivity contribution in [1.82, 2.24) is 4.98 Å². The molecule has 4 rings (SSSR count). The predicted octanol–water partition coefficient (Wildman–Crippen LogP) is 5.40. The molecule has 1 fully saturated rings. The summed E-state index contributed by atoms with van der Waals surface area (Å²) in [7, 11) is 1.68.